The predicted molar refractivity (Wildman–Crippen MR) is 73.1 cm³/mol. The maximum absolute atomic E-state index is 5.59. The highest BCUT2D eigenvalue weighted by molar-refractivity contribution is 5.48. The Morgan fingerprint density at radius 1 is 1.22 bits per heavy atom. The highest BCUT2D eigenvalue weighted by Crippen LogP contribution is 2.19. The fraction of sp³-hybridized carbons (Fsp3) is 0.571. The topological polar surface area (TPSA) is 39.7 Å². The molecule has 0 bridgehead atoms. The summed E-state index contributed by atoms with van der Waals surface area (Å²) in [5.74, 6) is 0.875. The Bertz CT molecular complexity index is 340. The average Bonchev–Trinajstić information content (AvgIpc) is 2.38. The third kappa shape index (κ3) is 4.55. The lowest BCUT2D eigenvalue weighted by molar-refractivity contribution is -0.109. The van der Waals surface area contributed by atoms with Crippen LogP contribution in [0.1, 0.15) is 20.3 Å². The van der Waals surface area contributed by atoms with Crippen molar-refractivity contribution in [1.29, 1.82) is 0 Å². The van der Waals surface area contributed by atoms with E-state index in [9.17, 15) is 0 Å². The van der Waals surface area contributed by atoms with Gasteiger partial charge in [0.1, 0.15) is 5.75 Å². The van der Waals surface area contributed by atoms with Crippen molar-refractivity contribution in [2.75, 3.05) is 26.1 Å². The number of methoxy groups -OCH3 is 2. The van der Waals surface area contributed by atoms with Crippen molar-refractivity contribution in [2.45, 2.75) is 32.6 Å². The zero-order valence-corrected chi connectivity index (χ0v) is 11.6. The van der Waals surface area contributed by atoms with Gasteiger partial charge in [-0.15, -0.1) is 0 Å². The molecule has 1 N–H and O–H groups in total. The molecule has 18 heavy (non-hydrogen) atoms. The minimum Gasteiger partial charge on any atom is -0.494 e. The number of anilines is 1. The molecule has 1 atom stereocenters. The van der Waals surface area contributed by atoms with Crippen molar-refractivity contribution in [1.82, 2.24) is 0 Å². The Morgan fingerprint density at radius 3 is 2.56 bits per heavy atom. The number of hydrogen-bond donors (Lipinski definition) is 1. The molecule has 4 nitrogen and oxygen atoms in total. The second kappa shape index (κ2) is 7.95. The Hall–Kier alpha value is -1.26. The van der Waals surface area contributed by atoms with E-state index in [0.29, 0.717) is 0 Å². The van der Waals surface area contributed by atoms with Gasteiger partial charge in [0.05, 0.1) is 12.6 Å². The van der Waals surface area contributed by atoms with Gasteiger partial charge in [0.15, 0.2) is 6.29 Å². The minimum atomic E-state index is -0.273. The Balaban J connectivity index is 2.60. The van der Waals surface area contributed by atoms with Gasteiger partial charge in [0, 0.05) is 26.0 Å². The van der Waals surface area contributed by atoms with Crippen molar-refractivity contribution in [3.8, 4) is 5.75 Å². The SMILES string of the molecule is CCCOc1cccc(NC(C)C(OC)OC)c1. The van der Waals surface area contributed by atoms with Gasteiger partial charge in [0.2, 0.25) is 0 Å². The molecule has 0 radical (unpaired) electrons. The maximum atomic E-state index is 5.59. The average molecular weight is 253 g/mol. The Kier molecular flexibility index (Phi) is 6.54. The number of benzene rings is 1. The van der Waals surface area contributed by atoms with Crippen LogP contribution >= 0.6 is 0 Å². The summed E-state index contributed by atoms with van der Waals surface area (Å²) in [6, 6.07) is 7.96. The molecule has 0 spiro atoms. The first-order valence-corrected chi connectivity index (χ1v) is 6.26. The standard InChI is InChI=1S/C14H23NO3/c1-5-9-18-13-8-6-7-12(10-13)15-11(2)14(16-3)17-4/h6-8,10-11,14-15H,5,9H2,1-4H3. The number of rotatable bonds is 8. The smallest absolute Gasteiger partial charge is 0.176 e. The van der Waals surface area contributed by atoms with Crippen molar-refractivity contribution in [3.05, 3.63) is 24.3 Å². The quantitative estimate of drug-likeness (QED) is 0.723. The third-order valence-corrected chi connectivity index (χ3v) is 2.57. The van der Waals surface area contributed by atoms with Gasteiger partial charge in [-0.05, 0) is 25.5 Å². The van der Waals surface area contributed by atoms with Crippen molar-refractivity contribution in [2.24, 2.45) is 0 Å². The maximum Gasteiger partial charge on any atom is 0.176 e. The molecule has 0 heterocycles. The van der Waals surface area contributed by atoms with Crippen LogP contribution in [0.2, 0.25) is 0 Å². The molecule has 102 valence electrons. The van der Waals surface area contributed by atoms with E-state index >= 15 is 0 Å². The number of nitrogens with one attached hydrogen (secondary N) is 1. The summed E-state index contributed by atoms with van der Waals surface area (Å²) in [6.45, 7) is 4.83. The van der Waals surface area contributed by atoms with E-state index in [1.807, 2.05) is 31.2 Å². The summed E-state index contributed by atoms with van der Waals surface area (Å²) in [7, 11) is 3.26. The van der Waals surface area contributed by atoms with Crippen LogP contribution < -0.4 is 10.1 Å². The predicted octanol–water partition coefficient (Wildman–Crippen LogP) is 2.89. The van der Waals surface area contributed by atoms with Gasteiger partial charge in [0.25, 0.3) is 0 Å². The summed E-state index contributed by atoms with van der Waals surface area (Å²) in [5.41, 5.74) is 0.996. The summed E-state index contributed by atoms with van der Waals surface area (Å²) in [6.07, 6.45) is 0.731. The van der Waals surface area contributed by atoms with E-state index in [2.05, 4.69) is 12.2 Å². The lowest BCUT2D eigenvalue weighted by Gasteiger charge is -2.23. The molecule has 1 aromatic rings. The molecular weight excluding hydrogens is 230 g/mol. The fourth-order valence-electron chi connectivity index (χ4n) is 1.73. The number of hydrogen-bond acceptors (Lipinski definition) is 4. The van der Waals surface area contributed by atoms with E-state index in [1.165, 1.54) is 0 Å². The Labute approximate surface area is 109 Å². The molecule has 1 rings (SSSR count). The van der Waals surface area contributed by atoms with Crippen LogP contribution in [0.15, 0.2) is 24.3 Å². The fourth-order valence-corrected chi connectivity index (χ4v) is 1.73. The molecule has 0 aromatic heterocycles. The first-order valence-electron chi connectivity index (χ1n) is 6.26. The molecule has 4 heteroatoms. The molecule has 1 aromatic carbocycles. The molecule has 0 amide bonds. The second-order valence-corrected chi connectivity index (χ2v) is 4.15. The summed E-state index contributed by atoms with van der Waals surface area (Å²) < 4.78 is 16.0. The minimum absolute atomic E-state index is 0.0569. The highest BCUT2D eigenvalue weighted by atomic mass is 16.7. The van der Waals surface area contributed by atoms with Crippen LogP contribution in [-0.2, 0) is 9.47 Å². The zero-order chi connectivity index (χ0) is 13.4. The van der Waals surface area contributed by atoms with Crippen molar-refractivity contribution < 1.29 is 14.2 Å². The van der Waals surface area contributed by atoms with Gasteiger partial charge >= 0.3 is 0 Å². The normalized spacial score (nSPS) is 12.5. The summed E-state index contributed by atoms with van der Waals surface area (Å²) in [5, 5.41) is 3.33. The Morgan fingerprint density at radius 2 is 1.94 bits per heavy atom. The van der Waals surface area contributed by atoms with Gasteiger partial charge in [-0.3, -0.25) is 0 Å². The first kappa shape index (κ1) is 14.8. The van der Waals surface area contributed by atoms with Gasteiger partial charge in [-0.25, -0.2) is 0 Å². The largest absolute Gasteiger partial charge is 0.494 e. The molecule has 0 saturated carbocycles. The van der Waals surface area contributed by atoms with Crippen LogP contribution in [0.3, 0.4) is 0 Å². The lowest BCUT2D eigenvalue weighted by atomic mass is 10.2. The van der Waals surface area contributed by atoms with Crippen LogP contribution in [0, 0.1) is 0 Å². The molecule has 0 aliphatic carbocycles. The van der Waals surface area contributed by atoms with E-state index in [4.69, 9.17) is 14.2 Å². The van der Waals surface area contributed by atoms with Crippen molar-refractivity contribution >= 4 is 5.69 Å². The molecular formula is C14H23NO3. The van der Waals surface area contributed by atoms with Gasteiger partial charge < -0.3 is 19.5 Å². The summed E-state index contributed by atoms with van der Waals surface area (Å²) >= 11 is 0. The van der Waals surface area contributed by atoms with Gasteiger partial charge in [-0.1, -0.05) is 13.0 Å². The van der Waals surface area contributed by atoms with Gasteiger partial charge in [-0.2, -0.15) is 0 Å². The van der Waals surface area contributed by atoms with Crippen LogP contribution in [0.4, 0.5) is 5.69 Å². The van der Waals surface area contributed by atoms with Crippen molar-refractivity contribution in [3.63, 3.8) is 0 Å². The van der Waals surface area contributed by atoms with Crippen LogP contribution in [0.5, 0.6) is 5.75 Å². The van der Waals surface area contributed by atoms with E-state index in [-0.39, 0.29) is 12.3 Å². The molecule has 0 aliphatic heterocycles. The zero-order valence-electron chi connectivity index (χ0n) is 11.6. The molecule has 0 saturated heterocycles. The summed E-state index contributed by atoms with van der Waals surface area (Å²) in [4.78, 5) is 0. The van der Waals surface area contributed by atoms with Crippen LogP contribution in [0.25, 0.3) is 0 Å². The van der Waals surface area contributed by atoms with Crippen LogP contribution in [-0.4, -0.2) is 33.2 Å². The molecule has 1 unspecified atom stereocenters. The second-order valence-electron chi connectivity index (χ2n) is 4.15. The van der Waals surface area contributed by atoms with E-state index in [1.54, 1.807) is 14.2 Å². The lowest BCUT2D eigenvalue weighted by Crippen LogP contribution is -2.33. The monoisotopic (exact) mass is 253 g/mol. The van der Waals surface area contributed by atoms with E-state index < -0.39 is 0 Å². The highest BCUT2D eigenvalue weighted by Gasteiger charge is 2.15. The number of ether oxygens (including phenoxy) is 3. The van der Waals surface area contributed by atoms with E-state index in [0.717, 1.165) is 24.5 Å². The molecule has 0 fully saturated rings. The third-order valence-electron chi connectivity index (χ3n) is 2.57. The first-order chi connectivity index (χ1) is 8.71. The molecule has 0 aliphatic rings.